The summed E-state index contributed by atoms with van der Waals surface area (Å²) in [6.07, 6.45) is 0. The molecule has 3 aromatic rings. The normalized spacial score (nSPS) is 19.1. The average Bonchev–Trinajstić information content (AvgIpc) is 3.06. The third-order valence-corrected chi connectivity index (χ3v) is 6.16. The molecule has 122 valence electrons. The quantitative estimate of drug-likeness (QED) is 0.622. The van der Waals surface area contributed by atoms with Crippen LogP contribution in [-0.4, -0.2) is 18.3 Å². The molecular weight excluding hydrogens is 315 g/mol. The van der Waals surface area contributed by atoms with E-state index in [2.05, 4.69) is 81.6 Å². The van der Waals surface area contributed by atoms with Crippen LogP contribution in [0.2, 0.25) is 0 Å². The molecule has 1 saturated heterocycles. The van der Waals surface area contributed by atoms with Crippen LogP contribution in [0.4, 0.5) is 0 Å². The van der Waals surface area contributed by atoms with Crippen molar-refractivity contribution in [1.82, 2.24) is 0 Å². The van der Waals surface area contributed by atoms with Gasteiger partial charge in [0.25, 0.3) is 0 Å². The van der Waals surface area contributed by atoms with Gasteiger partial charge in [0.05, 0.1) is 11.2 Å². The second-order valence-corrected chi connectivity index (χ2v) is 8.27. The maximum Gasteiger partial charge on any atom is 0.494 e. The van der Waals surface area contributed by atoms with Crippen LogP contribution in [0.25, 0.3) is 21.2 Å². The molecular formula is C20H21BO2S. The van der Waals surface area contributed by atoms with E-state index in [1.807, 2.05) is 0 Å². The van der Waals surface area contributed by atoms with Crippen molar-refractivity contribution in [2.75, 3.05) is 0 Å². The summed E-state index contributed by atoms with van der Waals surface area (Å²) in [4.78, 5) is 0. The molecule has 2 heterocycles. The highest BCUT2D eigenvalue weighted by Gasteiger charge is 2.51. The molecule has 0 aliphatic carbocycles. The second kappa shape index (κ2) is 5.45. The molecule has 0 bridgehead atoms. The van der Waals surface area contributed by atoms with Crippen LogP contribution in [0, 0.1) is 0 Å². The topological polar surface area (TPSA) is 18.5 Å². The molecule has 1 aromatic heterocycles. The van der Waals surface area contributed by atoms with Crippen LogP contribution in [0.1, 0.15) is 27.7 Å². The Balaban J connectivity index is 1.71. The molecule has 1 fully saturated rings. The Hall–Kier alpha value is -1.62. The standard InChI is InChI=1S/C20H21BO2S/c1-19(2)20(3,4)23-21(22-19)15-10-11-16-17(13-24-18(16)12-15)14-8-6-5-7-9-14/h5-13H,1-4H3. The van der Waals surface area contributed by atoms with Gasteiger partial charge in [-0.3, -0.25) is 0 Å². The molecule has 0 unspecified atom stereocenters. The maximum absolute atomic E-state index is 6.17. The molecule has 0 N–H and O–H groups in total. The first kappa shape index (κ1) is 15.9. The summed E-state index contributed by atoms with van der Waals surface area (Å²) in [6.45, 7) is 8.35. The zero-order chi connectivity index (χ0) is 16.9. The van der Waals surface area contributed by atoms with Gasteiger partial charge in [0.15, 0.2) is 0 Å². The lowest BCUT2D eigenvalue weighted by Crippen LogP contribution is -2.41. The van der Waals surface area contributed by atoms with Crippen molar-refractivity contribution in [2.45, 2.75) is 38.9 Å². The van der Waals surface area contributed by atoms with E-state index in [4.69, 9.17) is 9.31 Å². The van der Waals surface area contributed by atoms with Gasteiger partial charge in [-0.05, 0) is 50.2 Å². The SMILES string of the molecule is CC1(C)OB(c2ccc3c(-c4ccccc4)csc3c2)OC1(C)C. The van der Waals surface area contributed by atoms with Crippen molar-refractivity contribution in [3.05, 3.63) is 53.9 Å². The third kappa shape index (κ3) is 2.50. The van der Waals surface area contributed by atoms with Crippen molar-refractivity contribution in [1.29, 1.82) is 0 Å². The molecule has 2 nitrogen and oxygen atoms in total. The average molecular weight is 336 g/mol. The van der Waals surface area contributed by atoms with Crippen LogP contribution >= 0.6 is 11.3 Å². The fraction of sp³-hybridized carbons (Fsp3) is 0.300. The summed E-state index contributed by atoms with van der Waals surface area (Å²) in [6, 6.07) is 17.0. The van der Waals surface area contributed by atoms with E-state index in [1.54, 1.807) is 11.3 Å². The van der Waals surface area contributed by atoms with Gasteiger partial charge in [-0.2, -0.15) is 0 Å². The number of fused-ring (bicyclic) bond motifs is 1. The predicted molar refractivity (Wildman–Crippen MR) is 103 cm³/mol. The summed E-state index contributed by atoms with van der Waals surface area (Å²) in [5.41, 5.74) is 3.01. The van der Waals surface area contributed by atoms with Gasteiger partial charge in [0.2, 0.25) is 0 Å². The molecule has 0 radical (unpaired) electrons. The minimum atomic E-state index is -0.308. The Labute approximate surface area is 147 Å². The van der Waals surface area contributed by atoms with Crippen molar-refractivity contribution < 1.29 is 9.31 Å². The van der Waals surface area contributed by atoms with Crippen molar-refractivity contribution in [2.24, 2.45) is 0 Å². The Morgan fingerprint density at radius 3 is 2.21 bits per heavy atom. The fourth-order valence-electron chi connectivity index (χ4n) is 3.01. The van der Waals surface area contributed by atoms with E-state index in [0.717, 1.165) is 5.46 Å². The molecule has 0 amide bonds. The Morgan fingerprint density at radius 1 is 0.875 bits per heavy atom. The highest BCUT2D eigenvalue weighted by atomic mass is 32.1. The molecule has 4 heteroatoms. The molecule has 0 saturated carbocycles. The summed E-state index contributed by atoms with van der Waals surface area (Å²) in [7, 11) is -0.304. The van der Waals surface area contributed by atoms with E-state index in [1.165, 1.54) is 21.2 Å². The molecule has 0 spiro atoms. The van der Waals surface area contributed by atoms with Gasteiger partial charge in [0, 0.05) is 15.6 Å². The van der Waals surface area contributed by atoms with E-state index in [9.17, 15) is 0 Å². The number of rotatable bonds is 2. The van der Waals surface area contributed by atoms with Crippen LogP contribution in [0.15, 0.2) is 53.9 Å². The minimum Gasteiger partial charge on any atom is -0.399 e. The Kier molecular flexibility index (Phi) is 3.61. The molecule has 1 aliphatic heterocycles. The zero-order valence-electron chi connectivity index (χ0n) is 14.5. The number of hydrogen-bond acceptors (Lipinski definition) is 3. The predicted octanol–water partition coefficient (Wildman–Crippen LogP) is 4.87. The first-order valence-corrected chi connectivity index (χ1v) is 9.18. The Bertz CT molecular complexity index is 867. The van der Waals surface area contributed by atoms with E-state index >= 15 is 0 Å². The van der Waals surface area contributed by atoms with Crippen molar-refractivity contribution in [3.8, 4) is 11.1 Å². The lowest BCUT2D eigenvalue weighted by atomic mass is 9.79. The van der Waals surface area contributed by atoms with Gasteiger partial charge in [-0.15, -0.1) is 11.3 Å². The summed E-state index contributed by atoms with van der Waals surface area (Å²) in [5, 5.41) is 3.51. The van der Waals surface area contributed by atoms with Crippen molar-refractivity contribution in [3.63, 3.8) is 0 Å². The van der Waals surface area contributed by atoms with Gasteiger partial charge in [-0.25, -0.2) is 0 Å². The van der Waals surface area contributed by atoms with Gasteiger partial charge < -0.3 is 9.31 Å². The van der Waals surface area contributed by atoms with Crippen LogP contribution < -0.4 is 5.46 Å². The summed E-state index contributed by atoms with van der Waals surface area (Å²) in [5.74, 6) is 0. The van der Waals surface area contributed by atoms with Crippen molar-refractivity contribution >= 4 is 34.0 Å². The molecule has 4 rings (SSSR count). The van der Waals surface area contributed by atoms with Crippen LogP contribution in [0.3, 0.4) is 0 Å². The van der Waals surface area contributed by atoms with Gasteiger partial charge in [-0.1, -0.05) is 42.5 Å². The van der Waals surface area contributed by atoms with E-state index in [-0.39, 0.29) is 18.3 Å². The van der Waals surface area contributed by atoms with E-state index < -0.39 is 0 Å². The smallest absolute Gasteiger partial charge is 0.399 e. The second-order valence-electron chi connectivity index (χ2n) is 7.36. The van der Waals surface area contributed by atoms with Gasteiger partial charge >= 0.3 is 7.12 Å². The molecule has 1 aliphatic rings. The van der Waals surface area contributed by atoms with Gasteiger partial charge in [0.1, 0.15) is 0 Å². The zero-order valence-corrected chi connectivity index (χ0v) is 15.3. The number of benzene rings is 2. The lowest BCUT2D eigenvalue weighted by molar-refractivity contribution is 0.00578. The minimum absolute atomic E-state index is 0.304. The lowest BCUT2D eigenvalue weighted by Gasteiger charge is -2.32. The first-order chi connectivity index (χ1) is 11.4. The summed E-state index contributed by atoms with van der Waals surface area (Å²) >= 11 is 1.77. The van der Waals surface area contributed by atoms with Crippen LogP contribution in [0.5, 0.6) is 0 Å². The highest BCUT2D eigenvalue weighted by molar-refractivity contribution is 7.17. The monoisotopic (exact) mass is 336 g/mol. The largest absolute Gasteiger partial charge is 0.494 e. The number of thiophene rings is 1. The molecule has 24 heavy (non-hydrogen) atoms. The third-order valence-electron chi connectivity index (χ3n) is 5.21. The maximum atomic E-state index is 6.17. The molecule has 0 atom stereocenters. The summed E-state index contributed by atoms with van der Waals surface area (Å²) < 4.78 is 13.6. The first-order valence-electron chi connectivity index (χ1n) is 8.30. The molecule has 2 aromatic carbocycles. The Morgan fingerprint density at radius 2 is 1.54 bits per heavy atom. The van der Waals surface area contributed by atoms with Crippen LogP contribution in [-0.2, 0) is 9.31 Å². The highest BCUT2D eigenvalue weighted by Crippen LogP contribution is 2.37. The fourth-order valence-corrected chi connectivity index (χ4v) is 4.03. The van der Waals surface area contributed by atoms with E-state index in [0.29, 0.717) is 0 Å². The number of hydrogen-bond donors (Lipinski definition) is 0.